The zero-order chi connectivity index (χ0) is 25.9. The lowest BCUT2D eigenvalue weighted by atomic mass is 10.1. The molecular formula is C28H24F4N2O2. The van der Waals surface area contributed by atoms with Gasteiger partial charge in [0.25, 0.3) is 5.91 Å². The summed E-state index contributed by atoms with van der Waals surface area (Å²) in [6.07, 6.45) is -4.20. The SMILES string of the molecule is CCc1c(C(=O)Nc2cccc(OCc3ccccc3F)c2)cc(C)n1-c1ccccc1C(F)(F)F. The van der Waals surface area contributed by atoms with Gasteiger partial charge >= 0.3 is 6.18 Å². The zero-order valence-corrected chi connectivity index (χ0v) is 19.7. The van der Waals surface area contributed by atoms with Crippen LogP contribution in [-0.4, -0.2) is 10.5 Å². The van der Waals surface area contributed by atoms with Crippen molar-refractivity contribution in [2.75, 3.05) is 5.32 Å². The Morgan fingerprint density at radius 2 is 1.69 bits per heavy atom. The molecule has 0 saturated heterocycles. The summed E-state index contributed by atoms with van der Waals surface area (Å²) in [5, 5.41) is 2.79. The van der Waals surface area contributed by atoms with Gasteiger partial charge in [0.2, 0.25) is 0 Å². The molecule has 36 heavy (non-hydrogen) atoms. The zero-order valence-electron chi connectivity index (χ0n) is 19.7. The van der Waals surface area contributed by atoms with Gasteiger partial charge in [0.1, 0.15) is 18.2 Å². The minimum Gasteiger partial charge on any atom is -0.489 e. The first-order valence-electron chi connectivity index (χ1n) is 11.3. The highest BCUT2D eigenvalue weighted by Crippen LogP contribution is 2.36. The summed E-state index contributed by atoms with van der Waals surface area (Å²) in [5.74, 6) is -0.398. The minimum absolute atomic E-state index is 0.0186. The Hall–Kier alpha value is -4.07. The maximum atomic E-state index is 13.8. The minimum atomic E-state index is -4.54. The lowest BCUT2D eigenvalue weighted by molar-refractivity contribution is -0.137. The van der Waals surface area contributed by atoms with Gasteiger partial charge in [0.05, 0.1) is 16.8 Å². The van der Waals surface area contributed by atoms with Gasteiger partial charge in [-0.15, -0.1) is 0 Å². The molecule has 4 aromatic rings. The van der Waals surface area contributed by atoms with Crippen LogP contribution in [0.4, 0.5) is 23.2 Å². The molecule has 186 valence electrons. The number of benzene rings is 3. The van der Waals surface area contributed by atoms with Crippen LogP contribution in [0.25, 0.3) is 5.69 Å². The van der Waals surface area contributed by atoms with Crippen molar-refractivity contribution in [3.63, 3.8) is 0 Å². The molecule has 1 N–H and O–H groups in total. The van der Waals surface area contributed by atoms with E-state index < -0.39 is 17.6 Å². The van der Waals surface area contributed by atoms with Crippen molar-refractivity contribution in [3.05, 3.63) is 113 Å². The maximum Gasteiger partial charge on any atom is 0.418 e. The summed E-state index contributed by atoms with van der Waals surface area (Å²) in [6, 6.07) is 19.8. The molecular weight excluding hydrogens is 472 g/mol. The van der Waals surface area contributed by atoms with Crippen molar-refractivity contribution in [2.24, 2.45) is 0 Å². The van der Waals surface area contributed by atoms with Crippen LogP contribution in [0, 0.1) is 12.7 Å². The second kappa shape index (κ2) is 10.3. The van der Waals surface area contributed by atoms with Crippen LogP contribution in [-0.2, 0) is 19.2 Å². The number of ether oxygens (including phenoxy) is 1. The Labute approximate surface area is 206 Å². The van der Waals surface area contributed by atoms with E-state index >= 15 is 0 Å². The van der Waals surface area contributed by atoms with E-state index in [4.69, 9.17) is 4.74 Å². The summed E-state index contributed by atoms with van der Waals surface area (Å²) in [7, 11) is 0. The highest BCUT2D eigenvalue weighted by molar-refractivity contribution is 6.05. The van der Waals surface area contributed by atoms with Crippen LogP contribution in [0.15, 0.2) is 78.9 Å². The number of hydrogen-bond donors (Lipinski definition) is 1. The molecule has 0 aliphatic carbocycles. The number of hydrogen-bond acceptors (Lipinski definition) is 2. The molecule has 4 rings (SSSR count). The average molecular weight is 497 g/mol. The molecule has 0 aliphatic heterocycles. The van der Waals surface area contributed by atoms with Crippen LogP contribution in [0.3, 0.4) is 0 Å². The van der Waals surface area contributed by atoms with Crippen molar-refractivity contribution in [1.82, 2.24) is 4.57 Å². The van der Waals surface area contributed by atoms with Gasteiger partial charge in [0.15, 0.2) is 0 Å². The standard InChI is InChI=1S/C28H24F4N2O2/c1-3-25-22(15-18(2)34(25)26-14-7-5-12-23(26)28(30,31)32)27(35)33-20-10-8-11-21(16-20)36-17-19-9-4-6-13-24(19)29/h4-16H,3,17H2,1-2H3,(H,33,35). The normalized spacial score (nSPS) is 11.4. The predicted octanol–water partition coefficient (Wildman–Crippen LogP) is 7.34. The third-order valence-corrected chi connectivity index (χ3v) is 5.76. The van der Waals surface area contributed by atoms with Crippen molar-refractivity contribution in [2.45, 2.75) is 33.1 Å². The first kappa shape index (κ1) is 25.0. The van der Waals surface area contributed by atoms with Gasteiger partial charge in [-0.05, 0) is 49.7 Å². The first-order chi connectivity index (χ1) is 17.2. The number of anilines is 1. The molecule has 8 heteroatoms. The van der Waals surface area contributed by atoms with Crippen LogP contribution >= 0.6 is 0 Å². The molecule has 3 aromatic carbocycles. The lowest BCUT2D eigenvalue weighted by Gasteiger charge is -2.18. The van der Waals surface area contributed by atoms with Gasteiger partial charge in [-0.3, -0.25) is 4.79 Å². The molecule has 0 saturated carbocycles. The summed E-state index contributed by atoms with van der Waals surface area (Å²) < 4.78 is 62.0. The van der Waals surface area contributed by atoms with E-state index in [0.29, 0.717) is 34.8 Å². The number of aromatic nitrogens is 1. The molecule has 0 radical (unpaired) electrons. The van der Waals surface area contributed by atoms with Gasteiger partial charge in [-0.2, -0.15) is 13.2 Å². The molecule has 1 aromatic heterocycles. The largest absolute Gasteiger partial charge is 0.489 e. The number of carbonyl (C=O) groups excluding carboxylic acids is 1. The number of halogens is 4. The molecule has 0 atom stereocenters. The lowest BCUT2D eigenvalue weighted by Crippen LogP contribution is -2.16. The molecule has 0 spiro atoms. The van der Waals surface area contributed by atoms with E-state index in [1.165, 1.54) is 28.8 Å². The second-order valence-corrected chi connectivity index (χ2v) is 8.21. The highest BCUT2D eigenvalue weighted by Gasteiger charge is 2.34. The number of alkyl halides is 3. The second-order valence-electron chi connectivity index (χ2n) is 8.21. The van der Waals surface area contributed by atoms with E-state index in [9.17, 15) is 22.4 Å². The van der Waals surface area contributed by atoms with Crippen LogP contribution < -0.4 is 10.1 Å². The molecule has 0 aliphatic rings. The molecule has 4 nitrogen and oxygen atoms in total. The van der Waals surface area contributed by atoms with Crippen LogP contribution in [0.1, 0.15) is 39.8 Å². The summed E-state index contributed by atoms with van der Waals surface area (Å²) in [5.41, 5.74) is 1.30. The number of rotatable bonds is 7. The fraction of sp³-hybridized carbons (Fsp3) is 0.179. The van der Waals surface area contributed by atoms with E-state index in [1.807, 2.05) is 0 Å². The van der Waals surface area contributed by atoms with Crippen LogP contribution in [0.2, 0.25) is 0 Å². The summed E-state index contributed by atoms with van der Waals surface area (Å²) >= 11 is 0. The van der Waals surface area contributed by atoms with Crippen molar-refractivity contribution < 1.29 is 27.1 Å². The van der Waals surface area contributed by atoms with Crippen molar-refractivity contribution in [1.29, 1.82) is 0 Å². The number of para-hydroxylation sites is 1. The van der Waals surface area contributed by atoms with E-state index in [0.717, 1.165) is 6.07 Å². The smallest absolute Gasteiger partial charge is 0.418 e. The molecule has 1 heterocycles. The third-order valence-electron chi connectivity index (χ3n) is 5.76. The fourth-order valence-corrected chi connectivity index (χ4v) is 4.12. The average Bonchev–Trinajstić information content (AvgIpc) is 3.19. The summed E-state index contributed by atoms with van der Waals surface area (Å²) in [6.45, 7) is 3.47. The molecule has 0 unspecified atom stereocenters. The van der Waals surface area contributed by atoms with E-state index in [-0.39, 0.29) is 23.7 Å². The molecule has 0 bridgehead atoms. The maximum absolute atomic E-state index is 13.8. The first-order valence-corrected chi connectivity index (χ1v) is 11.3. The van der Waals surface area contributed by atoms with Crippen molar-refractivity contribution in [3.8, 4) is 11.4 Å². The quantitative estimate of drug-likeness (QED) is 0.272. The topological polar surface area (TPSA) is 43.3 Å². The number of nitrogens with one attached hydrogen (secondary N) is 1. The van der Waals surface area contributed by atoms with Gasteiger partial charge < -0.3 is 14.6 Å². The van der Waals surface area contributed by atoms with Gasteiger partial charge in [0, 0.05) is 28.7 Å². The predicted molar refractivity (Wildman–Crippen MR) is 130 cm³/mol. The van der Waals surface area contributed by atoms with Gasteiger partial charge in [-0.25, -0.2) is 4.39 Å². The van der Waals surface area contributed by atoms with Crippen LogP contribution in [0.5, 0.6) is 5.75 Å². The van der Waals surface area contributed by atoms with Gasteiger partial charge in [-0.1, -0.05) is 43.3 Å². The number of carbonyl (C=O) groups is 1. The Morgan fingerprint density at radius 1 is 0.972 bits per heavy atom. The molecule has 0 fully saturated rings. The monoisotopic (exact) mass is 496 g/mol. The Kier molecular flexibility index (Phi) is 7.15. The Bertz CT molecular complexity index is 1390. The number of aryl methyl sites for hydroxylation is 1. The highest BCUT2D eigenvalue weighted by atomic mass is 19.4. The van der Waals surface area contributed by atoms with Crippen molar-refractivity contribution >= 4 is 11.6 Å². The van der Waals surface area contributed by atoms with E-state index in [1.54, 1.807) is 62.4 Å². The fourth-order valence-electron chi connectivity index (χ4n) is 4.12. The third kappa shape index (κ3) is 5.27. The molecule has 1 amide bonds. The number of nitrogens with zero attached hydrogens (tertiary/aromatic N) is 1. The van der Waals surface area contributed by atoms with E-state index in [2.05, 4.69) is 5.32 Å². The number of amides is 1. The Morgan fingerprint density at radius 3 is 2.42 bits per heavy atom. The summed E-state index contributed by atoms with van der Waals surface area (Å²) in [4.78, 5) is 13.2. The Balaban J connectivity index is 1.59.